The summed E-state index contributed by atoms with van der Waals surface area (Å²) in [5.74, 6) is -0.962. The highest BCUT2D eigenvalue weighted by Gasteiger charge is 2.34. The minimum Gasteiger partial charge on any atom is -0.355 e. The van der Waals surface area contributed by atoms with E-state index < -0.39 is 28.5 Å². The number of benzene rings is 3. The van der Waals surface area contributed by atoms with Gasteiger partial charge in [-0.3, -0.25) is 13.9 Å². The summed E-state index contributed by atoms with van der Waals surface area (Å²) < 4.78 is 29.0. The molecule has 214 valence electrons. The van der Waals surface area contributed by atoms with Crippen LogP contribution in [0.25, 0.3) is 0 Å². The van der Waals surface area contributed by atoms with Crippen molar-refractivity contribution in [2.75, 3.05) is 17.4 Å². The lowest BCUT2D eigenvalue weighted by molar-refractivity contribution is -0.140. The Kier molecular flexibility index (Phi) is 10.9. The van der Waals surface area contributed by atoms with Crippen molar-refractivity contribution in [1.29, 1.82) is 0 Å². The highest BCUT2D eigenvalue weighted by molar-refractivity contribution is 7.92. The van der Waals surface area contributed by atoms with Gasteiger partial charge in [-0.05, 0) is 75.2 Å². The number of nitrogens with zero attached hydrogens (tertiary/aromatic N) is 2. The number of aryl methyl sites for hydroxylation is 2. The summed E-state index contributed by atoms with van der Waals surface area (Å²) in [6.07, 6.45) is 0.282. The van der Waals surface area contributed by atoms with Crippen LogP contribution < -0.4 is 9.62 Å². The lowest BCUT2D eigenvalue weighted by atomic mass is 10.1. The number of anilines is 1. The summed E-state index contributed by atoms with van der Waals surface area (Å²) in [4.78, 5) is 28.5. The summed E-state index contributed by atoms with van der Waals surface area (Å²) >= 11 is 19.0. The number of rotatable bonds is 11. The molecule has 3 aromatic carbocycles. The zero-order valence-electron chi connectivity index (χ0n) is 22.7. The zero-order valence-corrected chi connectivity index (χ0v) is 25.8. The molecule has 2 amide bonds. The van der Waals surface area contributed by atoms with Crippen molar-refractivity contribution >= 4 is 62.3 Å². The normalized spacial score (nSPS) is 12.1. The minimum atomic E-state index is -4.20. The number of hydrogen-bond donors (Lipinski definition) is 1. The molecule has 3 rings (SSSR count). The molecule has 7 nitrogen and oxygen atoms in total. The van der Waals surface area contributed by atoms with Crippen LogP contribution in [0.3, 0.4) is 0 Å². The molecule has 0 aliphatic heterocycles. The Morgan fingerprint density at radius 3 is 2.10 bits per heavy atom. The van der Waals surface area contributed by atoms with Gasteiger partial charge < -0.3 is 10.2 Å². The van der Waals surface area contributed by atoms with Crippen molar-refractivity contribution in [3.63, 3.8) is 0 Å². The lowest BCUT2D eigenvalue weighted by Gasteiger charge is -2.34. The second kappa shape index (κ2) is 13.7. The van der Waals surface area contributed by atoms with Gasteiger partial charge in [-0.25, -0.2) is 8.42 Å². The molecular weight excluding hydrogens is 593 g/mol. The largest absolute Gasteiger partial charge is 0.355 e. The summed E-state index contributed by atoms with van der Waals surface area (Å²) in [7, 11) is -4.20. The Hall–Kier alpha value is -2.78. The van der Waals surface area contributed by atoms with Crippen LogP contribution in [0.4, 0.5) is 5.69 Å². The van der Waals surface area contributed by atoms with E-state index in [0.717, 1.165) is 9.87 Å². The molecule has 11 heteroatoms. The van der Waals surface area contributed by atoms with E-state index in [-0.39, 0.29) is 23.8 Å². The molecule has 0 heterocycles. The molecule has 0 radical (unpaired) electrons. The molecule has 0 saturated carbocycles. The van der Waals surface area contributed by atoms with Crippen LogP contribution in [0.15, 0.2) is 65.6 Å². The Labute approximate surface area is 251 Å². The molecule has 0 aliphatic rings. The Morgan fingerprint density at radius 2 is 1.55 bits per heavy atom. The molecular formula is C29H32Cl3N3O4S. The van der Waals surface area contributed by atoms with Gasteiger partial charge in [0.25, 0.3) is 10.0 Å². The van der Waals surface area contributed by atoms with E-state index in [4.69, 9.17) is 34.8 Å². The fourth-order valence-electron chi connectivity index (χ4n) is 4.31. The third-order valence-corrected chi connectivity index (χ3v) is 9.16. The fraction of sp³-hybridized carbons (Fsp3) is 0.310. The van der Waals surface area contributed by atoms with Crippen molar-refractivity contribution in [3.8, 4) is 0 Å². The molecule has 0 bridgehead atoms. The van der Waals surface area contributed by atoms with Gasteiger partial charge in [-0.15, -0.1) is 0 Å². The third-order valence-electron chi connectivity index (χ3n) is 6.44. The first-order valence-electron chi connectivity index (χ1n) is 12.8. The van der Waals surface area contributed by atoms with Crippen LogP contribution >= 0.6 is 34.8 Å². The molecule has 0 aliphatic carbocycles. The molecule has 0 fully saturated rings. The fourth-order valence-corrected chi connectivity index (χ4v) is 6.54. The summed E-state index contributed by atoms with van der Waals surface area (Å²) in [5, 5.41) is 3.85. The quantitative estimate of drug-likeness (QED) is 0.267. The van der Waals surface area contributed by atoms with Gasteiger partial charge in [0.2, 0.25) is 11.8 Å². The van der Waals surface area contributed by atoms with Crippen molar-refractivity contribution < 1.29 is 18.0 Å². The van der Waals surface area contributed by atoms with E-state index in [1.165, 1.54) is 17.0 Å². The zero-order chi connectivity index (χ0) is 29.6. The minimum absolute atomic E-state index is 0.0247. The molecule has 40 heavy (non-hydrogen) atoms. The van der Waals surface area contributed by atoms with Crippen LogP contribution in [0.1, 0.15) is 37.0 Å². The van der Waals surface area contributed by atoms with Crippen LogP contribution in [-0.2, 0) is 26.2 Å². The van der Waals surface area contributed by atoms with Crippen molar-refractivity contribution in [2.45, 2.75) is 51.6 Å². The maximum Gasteiger partial charge on any atom is 0.264 e. The second-order valence-electron chi connectivity index (χ2n) is 9.30. The molecule has 1 atom stereocenters. The topological polar surface area (TPSA) is 86.8 Å². The van der Waals surface area contributed by atoms with E-state index in [1.54, 1.807) is 69.3 Å². The molecule has 0 spiro atoms. The highest BCUT2D eigenvalue weighted by Crippen LogP contribution is 2.31. The second-order valence-corrected chi connectivity index (χ2v) is 12.4. The van der Waals surface area contributed by atoms with Crippen molar-refractivity contribution in [1.82, 2.24) is 10.2 Å². The van der Waals surface area contributed by atoms with Gasteiger partial charge in [-0.2, -0.15) is 0 Å². The molecule has 1 unspecified atom stereocenters. The first-order chi connectivity index (χ1) is 18.9. The first-order valence-corrected chi connectivity index (χ1v) is 15.3. The van der Waals surface area contributed by atoms with E-state index >= 15 is 0 Å². The van der Waals surface area contributed by atoms with Gasteiger partial charge in [0.05, 0.1) is 10.6 Å². The number of likely N-dealkylation sites (N-methyl/N-ethyl adjacent to an activating group) is 1. The number of amides is 2. The van der Waals surface area contributed by atoms with Gasteiger partial charge in [0, 0.05) is 33.7 Å². The predicted molar refractivity (Wildman–Crippen MR) is 162 cm³/mol. The molecule has 3 aromatic rings. The van der Waals surface area contributed by atoms with Crippen LogP contribution in [-0.4, -0.2) is 44.3 Å². The summed E-state index contributed by atoms with van der Waals surface area (Å²) in [5.41, 5.74) is 2.20. The van der Waals surface area contributed by atoms with Crippen LogP contribution in [0.2, 0.25) is 15.1 Å². The van der Waals surface area contributed by atoms with Crippen LogP contribution in [0, 0.1) is 13.8 Å². The Balaban J connectivity index is 2.13. The van der Waals surface area contributed by atoms with Crippen LogP contribution in [0.5, 0.6) is 0 Å². The molecule has 0 aromatic heterocycles. The first kappa shape index (κ1) is 31.7. The maximum absolute atomic E-state index is 14.1. The average Bonchev–Trinajstić information content (AvgIpc) is 2.89. The SMILES string of the molecule is CCNC(=O)C(CC)N(Cc1c(Cl)cccc1Cl)C(=O)CN(c1ccc(Cl)cc1C)S(=O)(=O)c1ccc(C)cc1. The maximum atomic E-state index is 14.1. The number of halogens is 3. The standard InChI is InChI=1S/C29H32Cl3N3O4S/c1-5-26(29(37)33-6-2)34(17-23-24(31)8-7-9-25(23)32)28(36)18-35(27-15-12-21(30)16-20(27)4)40(38,39)22-13-10-19(3)11-14-22/h7-16,26H,5-6,17-18H2,1-4H3,(H,33,37). The van der Waals surface area contributed by atoms with Gasteiger partial charge >= 0.3 is 0 Å². The molecule has 0 saturated heterocycles. The predicted octanol–water partition coefficient (Wildman–Crippen LogP) is 6.40. The van der Waals surface area contributed by atoms with E-state index in [0.29, 0.717) is 38.4 Å². The molecule has 1 N–H and O–H groups in total. The highest BCUT2D eigenvalue weighted by atomic mass is 35.5. The van der Waals surface area contributed by atoms with E-state index in [9.17, 15) is 18.0 Å². The summed E-state index contributed by atoms with van der Waals surface area (Å²) in [6, 6.07) is 15.2. The van der Waals surface area contributed by atoms with Gasteiger partial charge in [0.15, 0.2) is 0 Å². The van der Waals surface area contributed by atoms with Gasteiger partial charge in [0.1, 0.15) is 12.6 Å². The number of nitrogens with one attached hydrogen (secondary N) is 1. The lowest BCUT2D eigenvalue weighted by Crippen LogP contribution is -2.52. The Bertz CT molecular complexity index is 1460. The number of carbonyl (C=O) groups excluding carboxylic acids is 2. The van der Waals surface area contributed by atoms with Gasteiger partial charge in [-0.1, -0.05) is 65.5 Å². The third kappa shape index (κ3) is 7.29. The number of carbonyl (C=O) groups is 2. The smallest absolute Gasteiger partial charge is 0.264 e. The monoisotopic (exact) mass is 623 g/mol. The number of hydrogen-bond acceptors (Lipinski definition) is 4. The van der Waals surface area contributed by atoms with E-state index in [1.807, 2.05) is 6.92 Å². The van der Waals surface area contributed by atoms with Crippen molar-refractivity contribution in [3.05, 3.63) is 92.4 Å². The summed E-state index contributed by atoms with van der Waals surface area (Å²) in [6.45, 7) is 6.82. The van der Waals surface area contributed by atoms with E-state index in [2.05, 4.69) is 5.32 Å². The Morgan fingerprint density at radius 1 is 0.925 bits per heavy atom. The number of sulfonamides is 1. The average molecular weight is 625 g/mol. The van der Waals surface area contributed by atoms with Crippen molar-refractivity contribution in [2.24, 2.45) is 0 Å².